The van der Waals surface area contributed by atoms with Crippen molar-refractivity contribution in [1.82, 2.24) is 0 Å². The zero-order valence-corrected chi connectivity index (χ0v) is 19.3. The highest BCUT2D eigenvalue weighted by atomic mass is 32.2. The second-order valence-electron chi connectivity index (χ2n) is 7.53. The van der Waals surface area contributed by atoms with Gasteiger partial charge in [-0.05, 0) is 68.5 Å². The summed E-state index contributed by atoms with van der Waals surface area (Å²) in [6.45, 7) is 4.19. The maximum atomic E-state index is 12.8. The highest BCUT2D eigenvalue weighted by Crippen LogP contribution is 2.39. The molecular formula is C25H25NO3S2. The van der Waals surface area contributed by atoms with Crippen LogP contribution in [0.3, 0.4) is 0 Å². The second-order valence-corrected chi connectivity index (χ2v) is 9.69. The van der Waals surface area contributed by atoms with Crippen LogP contribution < -0.4 is 5.32 Å². The molecule has 0 aliphatic heterocycles. The second kappa shape index (κ2) is 9.71. The quantitative estimate of drug-likeness (QED) is 0.340. The number of ether oxygens (including phenoxy) is 1. The Hall–Kier alpha value is -2.57. The monoisotopic (exact) mass is 451 g/mol. The fraction of sp³-hybridized carbons (Fsp3) is 0.280. The molecule has 0 saturated heterocycles. The molecule has 0 bridgehead atoms. The molecule has 160 valence electrons. The Kier molecular flexibility index (Phi) is 6.78. The maximum absolute atomic E-state index is 12.8. The van der Waals surface area contributed by atoms with Crippen molar-refractivity contribution in [3.8, 4) is 0 Å². The van der Waals surface area contributed by atoms with Gasteiger partial charge in [-0.2, -0.15) is 0 Å². The summed E-state index contributed by atoms with van der Waals surface area (Å²) in [5.74, 6) is 0.291. The van der Waals surface area contributed by atoms with Crippen LogP contribution in [-0.2, 0) is 23.3 Å². The van der Waals surface area contributed by atoms with Crippen LogP contribution in [0.15, 0.2) is 53.4 Å². The van der Waals surface area contributed by atoms with Crippen molar-refractivity contribution >= 4 is 40.0 Å². The lowest BCUT2D eigenvalue weighted by Crippen LogP contribution is -2.15. The van der Waals surface area contributed by atoms with Crippen LogP contribution in [0.5, 0.6) is 0 Å². The van der Waals surface area contributed by atoms with Gasteiger partial charge in [0.15, 0.2) is 0 Å². The molecule has 4 nitrogen and oxygen atoms in total. The van der Waals surface area contributed by atoms with Crippen molar-refractivity contribution in [2.45, 2.75) is 43.8 Å². The molecule has 1 aliphatic rings. The van der Waals surface area contributed by atoms with Crippen LogP contribution in [0.4, 0.5) is 5.00 Å². The number of rotatable bonds is 7. The molecule has 6 heteroatoms. The zero-order chi connectivity index (χ0) is 21.8. The Morgan fingerprint density at radius 2 is 1.81 bits per heavy atom. The number of amides is 1. The van der Waals surface area contributed by atoms with Crippen LogP contribution in [0, 0.1) is 6.92 Å². The highest BCUT2D eigenvalue weighted by molar-refractivity contribution is 7.98. The number of aryl methyl sites for hydroxylation is 2. The van der Waals surface area contributed by atoms with Gasteiger partial charge in [-0.1, -0.05) is 29.8 Å². The maximum Gasteiger partial charge on any atom is 0.341 e. The van der Waals surface area contributed by atoms with Gasteiger partial charge in [-0.3, -0.25) is 4.79 Å². The number of anilines is 1. The summed E-state index contributed by atoms with van der Waals surface area (Å²) in [5, 5.41) is 3.56. The van der Waals surface area contributed by atoms with Gasteiger partial charge in [-0.15, -0.1) is 23.1 Å². The molecule has 2 aromatic carbocycles. The molecule has 1 N–H and O–H groups in total. The first-order valence-electron chi connectivity index (χ1n) is 10.5. The Bertz CT molecular complexity index is 1090. The van der Waals surface area contributed by atoms with E-state index in [0.29, 0.717) is 22.7 Å². The number of carbonyl (C=O) groups excluding carboxylic acids is 2. The fourth-order valence-corrected chi connectivity index (χ4v) is 5.77. The first kappa shape index (κ1) is 21.7. The number of benzene rings is 2. The molecule has 4 rings (SSSR count). The first-order valence-corrected chi connectivity index (χ1v) is 12.3. The molecule has 1 amide bonds. The Morgan fingerprint density at radius 3 is 2.52 bits per heavy atom. The van der Waals surface area contributed by atoms with E-state index in [0.717, 1.165) is 36.1 Å². The third kappa shape index (κ3) is 5.02. The molecule has 0 saturated carbocycles. The summed E-state index contributed by atoms with van der Waals surface area (Å²) < 4.78 is 5.24. The third-order valence-corrected chi connectivity index (χ3v) is 7.56. The minimum absolute atomic E-state index is 0.205. The van der Waals surface area contributed by atoms with Gasteiger partial charge in [0.2, 0.25) is 0 Å². The first-order chi connectivity index (χ1) is 15.0. The van der Waals surface area contributed by atoms with E-state index in [1.807, 2.05) is 24.3 Å². The molecule has 0 unspecified atom stereocenters. The van der Waals surface area contributed by atoms with Crippen LogP contribution in [-0.4, -0.2) is 18.5 Å². The average Bonchev–Trinajstić information content (AvgIpc) is 3.34. The van der Waals surface area contributed by atoms with Gasteiger partial charge in [-0.25, -0.2) is 4.79 Å². The summed E-state index contributed by atoms with van der Waals surface area (Å²) >= 11 is 3.27. The number of hydrogen-bond donors (Lipinski definition) is 1. The molecule has 3 aromatic rings. The Morgan fingerprint density at radius 1 is 1.06 bits per heavy atom. The van der Waals surface area contributed by atoms with E-state index in [-0.39, 0.29) is 11.9 Å². The smallest absolute Gasteiger partial charge is 0.341 e. The number of nitrogens with one attached hydrogen (secondary N) is 1. The zero-order valence-electron chi connectivity index (χ0n) is 17.7. The van der Waals surface area contributed by atoms with Crippen LogP contribution in [0.25, 0.3) is 0 Å². The number of fused-ring (bicyclic) bond motifs is 1. The third-order valence-electron chi connectivity index (χ3n) is 5.27. The minimum Gasteiger partial charge on any atom is -0.462 e. The number of thiophene rings is 1. The van der Waals surface area contributed by atoms with Crippen molar-refractivity contribution in [3.63, 3.8) is 0 Å². The summed E-state index contributed by atoms with van der Waals surface area (Å²) in [7, 11) is 0. The molecular weight excluding hydrogens is 426 g/mol. The van der Waals surface area contributed by atoms with E-state index in [9.17, 15) is 9.59 Å². The summed E-state index contributed by atoms with van der Waals surface area (Å²) in [5.41, 5.74) is 4.57. The predicted molar refractivity (Wildman–Crippen MR) is 127 cm³/mol. The lowest BCUT2D eigenvalue weighted by Gasteiger charge is -2.09. The number of carbonyl (C=O) groups is 2. The van der Waals surface area contributed by atoms with Crippen molar-refractivity contribution in [2.24, 2.45) is 0 Å². The van der Waals surface area contributed by atoms with Crippen LogP contribution >= 0.6 is 23.1 Å². The standard InChI is InChI=1S/C25H25NO3S2/c1-3-29-25(28)22-20-5-4-6-21(20)31-24(22)26-23(27)18-11-9-17(10-12-18)15-30-19-13-7-16(2)8-14-19/h7-14H,3-6,15H2,1-2H3,(H,26,27). The molecule has 1 aliphatic carbocycles. The largest absolute Gasteiger partial charge is 0.462 e. The topological polar surface area (TPSA) is 55.4 Å². The van der Waals surface area contributed by atoms with Crippen LogP contribution in [0.1, 0.15) is 55.6 Å². The van der Waals surface area contributed by atoms with Gasteiger partial charge in [0.05, 0.1) is 12.2 Å². The summed E-state index contributed by atoms with van der Waals surface area (Å²) in [4.78, 5) is 27.7. The van der Waals surface area contributed by atoms with E-state index < -0.39 is 0 Å². The summed E-state index contributed by atoms with van der Waals surface area (Å²) in [6.07, 6.45) is 2.86. The van der Waals surface area contributed by atoms with E-state index >= 15 is 0 Å². The molecule has 0 atom stereocenters. The highest BCUT2D eigenvalue weighted by Gasteiger charge is 2.28. The molecule has 1 heterocycles. The molecule has 0 fully saturated rings. The van der Waals surface area contributed by atoms with Gasteiger partial charge in [0.1, 0.15) is 5.00 Å². The van der Waals surface area contributed by atoms with E-state index in [1.54, 1.807) is 18.7 Å². The van der Waals surface area contributed by atoms with Gasteiger partial charge >= 0.3 is 5.97 Å². The van der Waals surface area contributed by atoms with Crippen molar-refractivity contribution < 1.29 is 14.3 Å². The number of esters is 1. The lowest BCUT2D eigenvalue weighted by molar-refractivity contribution is 0.0527. The van der Waals surface area contributed by atoms with Gasteiger partial charge in [0.25, 0.3) is 5.91 Å². The molecule has 31 heavy (non-hydrogen) atoms. The Labute approximate surface area is 191 Å². The van der Waals surface area contributed by atoms with Crippen molar-refractivity contribution in [3.05, 3.63) is 81.2 Å². The van der Waals surface area contributed by atoms with E-state index in [2.05, 4.69) is 36.5 Å². The predicted octanol–water partition coefficient (Wildman–Crippen LogP) is 6.27. The normalized spacial score (nSPS) is 12.5. The van der Waals surface area contributed by atoms with E-state index in [1.165, 1.54) is 26.7 Å². The Balaban J connectivity index is 1.43. The number of hydrogen-bond acceptors (Lipinski definition) is 5. The molecule has 1 aromatic heterocycles. The van der Waals surface area contributed by atoms with Gasteiger partial charge < -0.3 is 10.1 Å². The van der Waals surface area contributed by atoms with Crippen LogP contribution in [0.2, 0.25) is 0 Å². The number of thioether (sulfide) groups is 1. The van der Waals surface area contributed by atoms with Crippen molar-refractivity contribution in [2.75, 3.05) is 11.9 Å². The fourth-order valence-electron chi connectivity index (χ4n) is 3.64. The van der Waals surface area contributed by atoms with Crippen molar-refractivity contribution in [1.29, 1.82) is 0 Å². The minimum atomic E-state index is -0.347. The SMILES string of the molecule is CCOC(=O)c1c(NC(=O)c2ccc(CSc3ccc(C)cc3)cc2)sc2c1CCC2. The van der Waals surface area contributed by atoms with E-state index in [4.69, 9.17) is 4.74 Å². The summed E-state index contributed by atoms with van der Waals surface area (Å²) in [6, 6.07) is 16.1. The van der Waals surface area contributed by atoms with Gasteiger partial charge in [0, 0.05) is 21.1 Å². The lowest BCUT2D eigenvalue weighted by atomic mass is 10.1. The average molecular weight is 452 g/mol. The molecule has 0 spiro atoms. The molecule has 0 radical (unpaired) electrons.